The topological polar surface area (TPSA) is 434 Å². The summed E-state index contributed by atoms with van der Waals surface area (Å²) in [5.74, 6) is -9.70. The Morgan fingerprint density at radius 2 is 1.45 bits per heavy atom. The number of rotatable bonds is 40. The number of carbonyl (C=O) groups excluding carboxylic acids is 10. The molecule has 3 aliphatic heterocycles. The number of benzene rings is 2. The van der Waals surface area contributed by atoms with Crippen LogP contribution in [0.5, 0.6) is 5.75 Å². The molecule has 3 heterocycles. The minimum Gasteiger partial charge on any atom is -0.479 e. The van der Waals surface area contributed by atoms with E-state index in [9.17, 15) is 78.3 Å². The summed E-state index contributed by atoms with van der Waals surface area (Å²) in [7, 11) is 7.66. The van der Waals surface area contributed by atoms with Gasteiger partial charge < -0.3 is 91.3 Å². The fourth-order valence-corrected chi connectivity index (χ4v) is 13.2. The first-order valence-corrected chi connectivity index (χ1v) is 34.9. The summed E-state index contributed by atoms with van der Waals surface area (Å²) >= 11 is 0. The summed E-state index contributed by atoms with van der Waals surface area (Å²) in [5, 5.41) is 66.2. The number of nitrogens with zero attached hydrogens (tertiary/aromatic N) is 4. The van der Waals surface area contributed by atoms with Gasteiger partial charge in [-0.05, 0) is 92.6 Å². The van der Waals surface area contributed by atoms with E-state index in [1.165, 1.54) is 44.4 Å². The molecule has 102 heavy (non-hydrogen) atoms. The Bertz CT molecular complexity index is 3200. The number of anilines is 1. The average molecular weight is 1440 g/mol. The third kappa shape index (κ3) is 22.3. The zero-order valence-electron chi connectivity index (χ0n) is 60.8. The van der Waals surface area contributed by atoms with Gasteiger partial charge in [0, 0.05) is 78.9 Å². The molecule has 0 aliphatic carbocycles. The van der Waals surface area contributed by atoms with Gasteiger partial charge in [-0.2, -0.15) is 0 Å². The Morgan fingerprint density at radius 1 is 0.784 bits per heavy atom. The van der Waals surface area contributed by atoms with Crippen molar-refractivity contribution in [2.24, 2.45) is 35.3 Å². The highest BCUT2D eigenvalue weighted by Crippen LogP contribution is 2.35. The molecule has 2 fully saturated rings. The predicted octanol–water partition coefficient (Wildman–Crippen LogP) is 1.51. The lowest BCUT2D eigenvalue weighted by Gasteiger charge is -2.41. The van der Waals surface area contributed by atoms with E-state index >= 15 is 0 Å². The van der Waals surface area contributed by atoms with Crippen molar-refractivity contribution < 1.29 is 102 Å². The number of carbonyl (C=O) groups is 11. The zero-order chi connectivity index (χ0) is 76.0. The molecule has 12 N–H and O–H groups in total. The van der Waals surface area contributed by atoms with E-state index in [4.69, 9.17) is 29.4 Å². The number of carboxylic acids is 1. The first-order valence-electron chi connectivity index (χ1n) is 34.9. The van der Waals surface area contributed by atoms with Gasteiger partial charge in [0.2, 0.25) is 41.7 Å². The molecule has 0 spiro atoms. The summed E-state index contributed by atoms with van der Waals surface area (Å²) in [4.78, 5) is 155. The molecule has 568 valence electrons. The van der Waals surface area contributed by atoms with Crippen molar-refractivity contribution in [2.45, 2.75) is 205 Å². The highest BCUT2D eigenvalue weighted by atomic mass is 16.7. The standard InChI is InChI=1S/C71H108N10O21/c1-14-40(6)58(51(98-12)35-55(86)80-32-20-24-47(80)63(99-13)42(8)49(82)33-41(7)59(87)44-21-16-15-17-22-44)78(10)68(94)56(38(2)3)77-67(93)57(39(4)5)79(11)71(97)100-37-43-25-26-50(101-70-62(90)60(88)61(89)64(102-70)69(95)96)46(34-43)75-52(83)29-31-74-65(91)45(23-18-19-30-73-9)76-66(92)48(36-72)81-53(84)27-28-54(81)85/h15-17,21-22,25-28,34,38-42,45,47-48,51,56-64,70,73,87-90H,14,18-20,23-24,29-33,35-37,72H2,1-13H3,(H,74,91)(H,75,83)(H,76,92)(H,77,93)(H,95,96)/t40-,41+,42+,45+,47+,48?,51?,56+,57?,58?,59-,60+,61?,62+,63-,64?,70?/m1/s1. The number of ketones is 1. The molecule has 7 unspecified atom stereocenters. The summed E-state index contributed by atoms with van der Waals surface area (Å²) in [6.07, 6.45) is -9.00. The van der Waals surface area contributed by atoms with E-state index < -0.39 is 176 Å². The Hall–Kier alpha value is -8.01. The number of nitrogens with two attached hydrogens (primary N) is 1. The van der Waals surface area contributed by atoms with Gasteiger partial charge in [0.15, 0.2) is 6.10 Å². The molecule has 0 radical (unpaired) electrons. The van der Waals surface area contributed by atoms with Gasteiger partial charge in [0.05, 0.1) is 42.5 Å². The van der Waals surface area contributed by atoms with E-state index in [1.807, 2.05) is 51.1 Å². The molecule has 0 aromatic heterocycles. The quantitative estimate of drug-likeness (QED) is 0.0333. The Kier molecular flexibility index (Phi) is 33.3. The summed E-state index contributed by atoms with van der Waals surface area (Å²) in [5.41, 5.74) is 6.52. The highest BCUT2D eigenvalue weighted by molar-refractivity contribution is 6.15. The Morgan fingerprint density at radius 3 is 2.04 bits per heavy atom. The molecular formula is C71H108N10O21. The molecule has 5 rings (SSSR count). The highest BCUT2D eigenvalue weighted by Gasteiger charge is 2.49. The van der Waals surface area contributed by atoms with Crippen LogP contribution in [-0.4, -0.2) is 251 Å². The van der Waals surface area contributed by atoms with Gasteiger partial charge in [-0.1, -0.05) is 98.2 Å². The number of carboxylic acid groups (broad SMARTS) is 1. The maximum Gasteiger partial charge on any atom is 0.410 e. The zero-order valence-corrected chi connectivity index (χ0v) is 60.8. The molecule has 0 saturated carbocycles. The minimum atomic E-state index is -2.07. The first kappa shape index (κ1) is 84.6. The number of aliphatic hydroxyl groups excluding tert-OH is 4. The number of aliphatic hydroxyl groups is 4. The van der Waals surface area contributed by atoms with Crippen LogP contribution in [0.3, 0.4) is 0 Å². The normalized spacial score (nSPS) is 21.5. The van der Waals surface area contributed by atoms with Crippen LogP contribution in [0.25, 0.3) is 0 Å². The van der Waals surface area contributed by atoms with Gasteiger partial charge >= 0.3 is 12.1 Å². The van der Waals surface area contributed by atoms with E-state index in [0.29, 0.717) is 55.7 Å². The van der Waals surface area contributed by atoms with Crippen molar-refractivity contribution in [3.8, 4) is 5.75 Å². The van der Waals surface area contributed by atoms with Crippen molar-refractivity contribution in [3.63, 3.8) is 0 Å². The number of ether oxygens (including phenoxy) is 5. The lowest BCUT2D eigenvalue weighted by molar-refractivity contribution is -0.271. The smallest absolute Gasteiger partial charge is 0.410 e. The van der Waals surface area contributed by atoms with Crippen LogP contribution < -0.4 is 37.1 Å². The van der Waals surface area contributed by atoms with E-state index in [2.05, 4.69) is 26.6 Å². The number of likely N-dealkylation sites (N-methyl/N-ethyl adjacent to an activating group) is 2. The lowest BCUT2D eigenvalue weighted by Crippen LogP contribution is -2.61. The van der Waals surface area contributed by atoms with Gasteiger partial charge in [-0.3, -0.25) is 53.0 Å². The molecule has 2 saturated heterocycles. The molecule has 2 aromatic rings. The number of likely N-dealkylation sites (tertiary alicyclic amines) is 1. The second-order valence-electron chi connectivity index (χ2n) is 27.2. The van der Waals surface area contributed by atoms with Crippen molar-refractivity contribution in [2.75, 3.05) is 66.9 Å². The molecule has 31 heteroatoms. The summed E-state index contributed by atoms with van der Waals surface area (Å²) < 4.78 is 29.0. The van der Waals surface area contributed by atoms with E-state index in [-0.39, 0.29) is 66.3 Å². The van der Waals surface area contributed by atoms with Crippen molar-refractivity contribution in [1.82, 2.24) is 40.9 Å². The third-order valence-electron chi connectivity index (χ3n) is 19.3. The monoisotopic (exact) mass is 1440 g/mol. The van der Waals surface area contributed by atoms with Crippen molar-refractivity contribution >= 4 is 70.8 Å². The second-order valence-corrected chi connectivity index (χ2v) is 27.2. The van der Waals surface area contributed by atoms with E-state index in [1.54, 1.807) is 53.6 Å². The Balaban J connectivity index is 1.29. The predicted molar refractivity (Wildman–Crippen MR) is 371 cm³/mol. The fourth-order valence-electron chi connectivity index (χ4n) is 13.2. The minimum absolute atomic E-state index is 0.0932. The maximum absolute atomic E-state index is 14.9. The number of methoxy groups -OCH3 is 2. The number of hydrogen-bond donors (Lipinski definition) is 11. The molecule has 17 atom stereocenters. The largest absolute Gasteiger partial charge is 0.479 e. The van der Waals surface area contributed by atoms with Crippen LogP contribution in [0.15, 0.2) is 60.7 Å². The first-order chi connectivity index (χ1) is 48.3. The van der Waals surface area contributed by atoms with Gasteiger partial charge in [0.1, 0.15) is 60.6 Å². The maximum atomic E-state index is 14.9. The number of amides is 9. The summed E-state index contributed by atoms with van der Waals surface area (Å²) in [6.45, 7) is 14.1. The number of Topliss-reactive ketones (excluding diaryl/α,β-unsaturated/α-hetero) is 1. The van der Waals surface area contributed by atoms with Crippen molar-refractivity contribution in [1.29, 1.82) is 0 Å². The van der Waals surface area contributed by atoms with Crippen LogP contribution in [0.2, 0.25) is 0 Å². The number of imide groups is 1. The fraction of sp³-hybridized carbons (Fsp3) is 0.648. The number of unbranched alkanes of at least 4 members (excludes halogenated alkanes) is 1. The van der Waals surface area contributed by atoms with Crippen LogP contribution >= 0.6 is 0 Å². The molecule has 3 aliphatic rings. The van der Waals surface area contributed by atoms with Crippen LogP contribution in [0, 0.1) is 29.6 Å². The molecule has 31 nitrogen and oxygen atoms in total. The molecule has 2 aromatic carbocycles. The molecular weight excluding hydrogens is 1330 g/mol. The number of nitrogens with one attached hydrogen (secondary N) is 5. The average Bonchev–Trinajstić information content (AvgIpc) is 1.15. The van der Waals surface area contributed by atoms with Gasteiger partial charge in [-0.15, -0.1) is 0 Å². The van der Waals surface area contributed by atoms with Gasteiger partial charge in [0.25, 0.3) is 11.8 Å². The van der Waals surface area contributed by atoms with Crippen LogP contribution in [0.1, 0.15) is 130 Å². The van der Waals surface area contributed by atoms with Crippen molar-refractivity contribution in [3.05, 3.63) is 71.8 Å². The van der Waals surface area contributed by atoms with Crippen LogP contribution in [0.4, 0.5) is 10.5 Å². The molecule has 9 amide bonds. The second kappa shape index (κ2) is 40.2. The Labute approximate surface area is 596 Å². The third-order valence-corrected chi connectivity index (χ3v) is 19.3. The van der Waals surface area contributed by atoms with E-state index in [0.717, 1.165) is 17.1 Å². The SMILES string of the molecule is CC[C@@H](C)C(C(CC(=O)N1CCC[C@H]1[C@H](OC)[C@@H](C)C(=O)C[C@H](C)[C@@H](O)c1ccccc1)OC)N(C)C(=O)[C@@H](NC(=O)C(C(C)C)N(C)C(=O)OCc1ccc(OC2OC(C(=O)O)C(O)[C@H](O)[C@@H]2O)c(NC(=O)CCNC(=O)[C@H](CCCCNC)NC(=O)C(CN)N2C(=O)C=CC2=O)c1)C(C)C. The number of hydrogen-bond acceptors (Lipinski definition) is 22. The van der Waals surface area contributed by atoms with Gasteiger partial charge in [-0.25, -0.2) is 9.59 Å². The molecule has 0 bridgehead atoms. The number of aliphatic carboxylic acids is 1. The lowest BCUT2D eigenvalue weighted by atomic mass is 9.85. The van der Waals surface area contributed by atoms with Crippen LogP contribution in [-0.2, 0) is 73.5 Å². The summed E-state index contributed by atoms with van der Waals surface area (Å²) in [6, 6.07) is 6.89.